The van der Waals surface area contributed by atoms with Gasteiger partial charge in [0, 0.05) is 5.56 Å². The van der Waals surface area contributed by atoms with E-state index < -0.39 is 17.3 Å². The zero-order chi connectivity index (χ0) is 12.0. The number of allylic oxidation sites excluding steroid dienone is 1. The van der Waals surface area contributed by atoms with Crippen molar-refractivity contribution < 1.29 is 14.7 Å². The van der Waals surface area contributed by atoms with Gasteiger partial charge in [-0.15, -0.1) is 0 Å². The third-order valence-corrected chi connectivity index (χ3v) is 2.94. The molecule has 0 saturated heterocycles. The van der Waals surface area contributed by atoms with Gasteiger partial charge in [-0.1, -0.05) is 30.3 Å². The highest BCUT2D eigenvalue weighted by molar-refractivity contribution is 6.51. The third-order valence-electron chi connectivity index (χ3n) is 2.94. The summed E-state index contributed by atoms with van der Waals surface area (Å²) in [7, 11) is 0. The second-order valence-electron chi connectivity index (χ2n) is 3.94. The largest absolute Gasteiger partial charge is 0.504 e. The Hall–Kier alpha value is -2.42. The van der Waals surface area contributed by atoms with E-state index in [0.29, 0.717) is 11.1 Å². The van der Waals surface area contributed by atoms with Crippen molar-refractivity contribution in [2.75, 3.05) is 0 Å². The van der Waals surface area contributed by atoms with Crippen LogP contribution in [0.2, 0.25) is 0 Å². The van der Waals surface area contributed by atoms with Crippen LogP contribution in [0.3, 0.4) is 0 Å². The molecule has 82 valence electrons. The summed E-state index contributed by atoms with van der Waals surface area (Å²) in [5, 5.41) is 11.3. The highest BCUT2D eigenvalue weighted by Crippen LogP contribution is 2.28. The van der Waals surface area contributed by atoms with Gasteiger partial charge in [-0.05, 0) is 28.5 Å². The number of aliphatic hydroxyl groups excluding tert-OH is 1. The number of carbonyl (C=O) groups is 2. The van der Waals surface area contributed by atoms with Gasteiger partial charge in [0.1, 0.15) is 0 Å². The summed E-state index contributed by atoms with van der Waals surface area (Å²) in [5.74, 6) is -1.97. The fourth-order valence-electron chi connectivity index (χ4n) is 2.09. The molecule has 1 aliphatic carbocycles. The molecule has 0 fully saturated rings. The van der Waals surface area contributed by atoms with E-state index in [2.05, 4.69) is 0 Å². The highest BCUT2D eigenvalue weighted by Gasteiger charge is 2.28. The molecule has 2 aromatic carbocycles. The number of rotatable bonds is 0. The molecule has 2 aromatic rings. The lowest BCUT2D eigenvalue weighted by molar-refractivity contribution is -0.114. The summed E-state index contributed by atoms with van der Waals surface area (Å²) < 4.78 is 0. The number of carbonyl (C=O) groups excluding carboxylic acids is 2. The predicted octanol–water partition coefficient (Wildman–Crippen LogP) is 2.50. The summed E-state index contributed by atoms with van der Waals surface area (Å²) >= 11 is 0. The van der Waals surface area contributed by atoms with Gasteiger partial charge in [-0.25, -0.2) is 0 Å². The van der Waals surface area contributed by atoms with Crippen LogP contribution in [0, 0.1) is 0 Å². The smallest absolute Gasteiger partial charge is 0.267 e. The van der Waals surface area contributed by atoms with Gasteiger partial charge in [-0.3, -0.25) is 9.59 Å². The van der Waals surface area contributed by atoms with Crippen LogP contribution >= 0.6 is 0 Å². The molecule has 0 aliphatic heterocycles. The van der Waals surface area contributed by atoms with Gasteiger partial charge in [0.2, 0.25) is 5.78 Å². The van der Waals surface area contributed by atoms with Crippen molar-refractivity contribution in [3.63, 3.8) is 0 Å². The van der Waals surface area contributed by atoms with E-state index in [-0.39, 0.29) is 0 Å². The Morgan fingerprint density at radius 2 is 1.65 bits per heavy atom. The summed E-state index contributed by atoms with van der Waals surface area (Å²) in [4.78, 5) is 23.1. The fraction of sp³-hybridized carbons (Fsp3) is 0. The van der Waals surface area contributed by atoms with Crippen molar-refractivity contribution in [2.24, 2.45) is 0 Å². The van der Waals surface area contributed by atoms with Crippen molar-refractivity contribution in [3.05, 3.63) is 53.3 Å². The quantitative estimate of drug-likeness (QED) is 0.699. The fourth-order valence-corrected chi connectivity index (χ4v) is 2.09. The van der Waals surface area contributed by atoms with E-state index in [0.717, 1.165) is 10.8 Å². The van der Waals surface area contributed by atoms with Crippen LogP contribution in [0.1, 0.15) is 15.9 Å². The van der Waals surface area contributed by atoms with Gasteiger partial charge in [0.15, 0.2) is 5.76 Å². The molecular formula is C14H8O3. The van der Waals surface area contributed by atoms with Crippen LogP contribution in [-0.4, -0.2) is 16.7 Å². The first-order valence-corrected chi connectivity index (χ1v) is 5.20. The molecule has 0 saturated carbocycles. The van der Waals surface area contributed by atoms with Crippen molar-refractivity contribution in [3.8, 4) is 0 Å². The summed E-state index contributed by atoms with van der Waals surface area (Å²) in [6.07, 6.45) is 1.36. The first-order chi connectivity index (χ1) is 8.18. The van der Waals surface area contributed by atoms with E-state index in [1.165, 1.54) is 6.08 Å². The Morgan fingerprint density at radius 3 is 2.47 bits per heavy atom. The van der Waals surface area contributed by atoms with Crippen LogP contribution in [-0.2, 0) is 4.79 Å². The molecule has 1 aliphatic rings. The first kappa shape index (κ1) is 9.78. The van der Waals surface area contributed by atoms with E-state index in [1.807, 2.05) is 24.3 Å². The van der Waals surface area contributed by atoms with Crippen molar-refractivity contribution in [2.45, 2.75) is 0 Å². The van der Waals surface area contributed by atoms with Gasteiger partial charge < -0.3 is 5.11 Å². The molecule has 0 atom stereocenters. The van der Waals surface area contributed by atoms with Gasteiger partial charge in [-0.2, -0.15) is 0 Å². The molecular weight excluding hydrogens is 216 g/mol. The minimum absolute atomic E-state index is 0.353. The topological polar surface area (TPSA) is 54.4 Å². The second kappa shape index (κ2) is 3.28. The van der Waals surface area contributed by atoms with E-state index in [9.17, 15) is 14.7 Å². The maximum Gasteiger partial charge on any atom is 0.267 e. The lowest BCUT2D eigenvalue weighted by Gasteiger charge is -2.13. The normalized spacial score (nSPS) is 14.7. The molecule has 0 radical (unpaired) electrons. The lowest BCUT2D eigenvalue weighted by atomic mass is 9.90. The third kappa shape index (κ3) is 1.29. The molecule has 1 N–H and O–H groups in total. The number of aliphatic hydroxyl groups is 1. The summed E-state index contributed by atoms with van der Waals surface area (Å²) in [6.45, 7) is 0. The maximum absolute atomic E-state index is 11.7. The molecule has 3 heteroatoms. The SMILES string of the molecule is O=C1C(=O)c2ccc3ccccc3c2C=C1O. The number of hydrogen-bond acceptors (Lipinski definition) is 3. The molecule has 17 heavy (non-hydrogen) atoms. The minimum atomic E-state index is -0.840. The molecule has 0 aromatic heterocycles. The summed E-state index contributed by atoms with van der Waals surface area (Å²) in [6, 6.07) is 11.0. The minimum Gasteiger partial charge on any atom is -0.504 e. The van der Waals surface area contributed by atoms with E-state index in [4.69, 9.17) is 0 Å². The standard InChI is InChI=1S/C14H8O3/c15-12-7-11-9-4-2-1-3-8(9)5-6-10(11)13(16)14(12)17/h1-7,15H. The molecule has 0 spiro atoms. The van der Waals surface area contributed by atoms with Crippen LogP contribution in [0.5, 0.6) is 0 Å². The maximum atomic E-state index is 11.7. The monoisotopic (exact) mass is 224 g/mol. The Bertz CT molecular complexity index is 696. The average molecular weight is 224 g/mol. The number of fused-ring (bicyclic) bond motifs is 3. The van der Waals surface area contributed by atoms with Gasteiger partial charge in [0.05, 0.1) is 0 Å². The summed E-state index contributed by atoms with van der Waals surface area (Å²) in [5.41, 5.74) is 0.969. The number of ketones is 2. The zero-order valence-corrected chi connectivity index (χ0v) is 8.81. The molecule has 0 unspecified atom stereocenters. The van der Waals surface area contributed by atoms with Crippen molar-refractivity contribution >= 4 is 28.4 Å². The zero-order valence-electron chi connectivity index (χ0n) is 8.81. The molecule has 0 amide bonds. The Labute approximate surface area is 97.0 Å². The molecule has 0 bridgehead atoms. The van der Waals surface area contributed by atoms with Crippen LogP contribution in [0.4, 0.5) is 0 Å². The molecule has 0 heterocycles. The number of benzene rings is 2. The lowest BCUT2D eigenvalue weighted by Crippen LogP contribution is -2.21. The van der Waals surface area contributed by atoms with Crippen molar-refractivity contribution in [1.29, 1.82) is 0 Å². The van der Waals surface area contributed by atoms with Gasteiger partial charge in [0.25, 0.3) is 5.78 Å². The van der Waals surface area contributed by atoms with Crippen molar-refractivity contribution in [1.82, 2.24) is 0 Å². The average Bonchev–Trinajstić information content (AvgIpc) is 2.36. The molecule has 3 nitrogen and oxygen atoms in total. The predicted molar refractivity (Wildman–Crippen MR) is 63.9 cm³/mol. The number of Topliss-reactive ketones (excluding diaryl/α,β-unsaturated/α-hetero) is 2. The van der Waals surface area contributed by atoms with Crippen LogP contribution < -0.4 is 0 Å². The number of hydrogen-bond donors (Lipinski definition) is 1. The second-order valence-corrected chi connectivity index (χ2v) is 3.94. The van der Waals surface area contributed by atoms with E-state index in [1.54, 1.807) is 12.1 Å². The highest BCUT2D eigenvalue weighted by atomic mass is 16.3. The van der Waals surface area contributed by atoms with Crippen LogP contribution in [0.25, 0.3) is 16.8 Å². The van der Waals surface area contributed by atoms with Gasteiger partial charge >= 0.3 is 0 Å². The molecule has 3 rings (SSSR count). The van der Waals surface area contributed by atoms with Crippen LogP contribution in [0.15, 0.2) is 42.2 Å². The Kier molecular flexibility index (Phi) is 1.89. The van der Waals surface area contributed by atoms with E-state index >= 15 is 0 Å². The Balaban J connectivity index is 2.44. The first-order valence-electron chi connectivity index (χ1n) is 5.20. The Morgan fingerprint density at radius 1 is 0.882 bits per heavy atom.